The van der Waals surface area contributed by atoms with Crippen LogP contribution in [0.2, 0.25) is 15.1 Å². The molecule has 0 aliphatic carbocycles. The molecule has 1 unspecified atom stereocenters. The Balaban J connectivity index is 2.06. The van der Waals surface area contributed by atoms with E-state index in [4.69, 9.17) is 34.8 Å². The van der Waals surface area contributed by atoms with Crippen molar-refractivity contribution >= 4 is 62.3 Å². The summed E-state index contributed by atoms with van der Waals surface area (Å²) in [6.45, 7) is 1.19. The smallest absolute Gasteiger partial charge is 0.244 e. The molecule has 3 aromatic rings. The van der Waals surface area contributed by atoms with Crippen molar-refractivity contribution in [2.75, 3.05) is 24.2 Å². The van der Waals surface area contributed by atoms with Crippen LogP contribution in [0.4, 0.5) is 5.69 Å². The Morgan fingerprint density at radius 2 is 1.63 bits per heavy atom. The lowest BCUT2D eigenvalue weighted by Crippen LogP contribution is -2.52. The molecule has 0 aromatic heterocycles. The summed E-state index contributed by atoms with van der Waals surface area (Å²) in [7, 11) is -2.41. The van der Waals surface area contributed by atoms with Gasteiger partial charge in [-0.25, -0.2) is 8.42 Å². The number of benzene rings is 3. The molecule has 1 atom stereocenters. The minimum Gasteiger partial charge on any atom is -0.357 e. The maximum absolute atomic E-state index is 13.9. The fraction of sp³-hybridized carbons (Fsp3) is 0.259. The highest BCUT2D eigenvalue weighted by atomic mass is 35.5. The van der Waals surface area contributed by atoms with E-state index in [9.17, 15) is 18.0 Å². The topological polar surface area (TPSA) is 86.8 Å². The molecule has 0 spiro atoms. The zero-order valence-electron chi connectivity index (χ0n) is 21.1. The molecule has 0 saturated heterocycles. The van der Waals surface area contributed by atoms with Gasteiger partial charge in [0.25, 0.3) is 0 Å². The summed E-state index contributed by atoms with van der Waals surface area (Å²) in [5.74, 6) is -1.00. The molecule has 0 aliphatic rings. The SMILES string of the molecule is CNC(=O)C(Cc1ccccc1)N(Cc1ccc(Cl)cc1Cl)C(=O)CN(c1ccc(C)c(Cl)c1)S(C)(=O)=O. The molecule has 0 bridgehead atoms. The van der Waals surface area contributed by atoms with Gasteiger partial charge < -0.3 is 10.2 Å². The summed E-state index contributed by atoms with van der Waals surface area (Å²) in [5, 5.41) is 3.72. The molecule has 0 fully saturated rings. The minimum absolute atomic E-state index is 0.0496. The minimum atomic E-state index is -3.89. The zero-order valence-corrected chi connectivity index (χ0v) is 24.2. The second kappa shape index (κ2) is 12.8. The lowest BCUT2D eigenvalue weighted by Gasteiger charge is -2.33. The summed E-state index contributed by atoms with van der Waals surface area (Å²) >= 11 is 18.7. The Morgan fingerprint density at radius 1 is 0.947 bits per heavy atom. The Labute approximate surface area is 238 Å². The lowest BCUT2D eigenvalue weighted by atomic mass is 10.0. The maximum Gasteiger partial charge on any atom is 0.244 e. The van der Waals surface area contributed by atoms with Crippen LogP contribution in [0.25, 0.3) is 0 Å². The number of hydrogen-bond donors (Lipinski definition) is 1. The molecule has 0 aliphatic heterocycles. The number of likely N-dealkylation sites (N-methyl/N-ethyl adjacent to an activating group) is 1. The fourth-order valence-corrected chi connectivity index (χ4v) is 5.39. The number of carbonyl (C=O) groups excluding carboxylic acids is 2. The van der Waals surface area contributed by atoms with Crippen LogP contribution in [0.5, 0.6) is 0 Å². The first-order valence-electron chi connectivity index (χ1n) is 11.6. The van der Waals surface area contributed by atoms with Crippen LogP contribution in [0.1, 0.15) is 16.7 Å². The summed E-state index contributed by atoms with van der Waals surface area (Å²) in [6, 6.07) is 17.9. The summed E-state index contributed by atoms with van der Waals surface area (Å²) in [6.07, 6.45) is 1.21. The molecule has 7 nitrogen and oxygen atoms in total. The Morgan fingerprint density at radius 3 is 2.21 bits per heavy atom. The highest BCUT2D eigenvalue weighted by molar-refractivity contribution is 7.92. The van der Waals surface area contributed by atoms with E-state index in [1.807, 2.05) is 30.3 Å². The molecule has 0 radical (unpaired) electrons. The van der Waals surface area contributed by atoms with E-state index in [0.29, 0.717) is 20.6 Å². The average molecular weight is 597 g/mol. The van der Waals surface area contributed by atoms with Crippen LogP contribution in [0.3, 0.4) is 0 Å². The highest BCUT2D eigenvalue weighted by Gasteiger charge is 2.33. The van der Waals surface area contributed by atoms with E-state index in [1.54, 1.807) is 37.3 Å². The zero-order chi connectivity index (χ0) is 28.0. The van der Waals surface area contributed by atoms with Crippen molar-refractivity contribution in [1.29, 1.82) is 0 Å². The fourth-order valence-electron chi connectivity index (χ4n) is 3.90. The van der Waals surface area contributed by atoms with E-state index in [0.717, 1.165) is 21.7 Å². The van der Waals surface area contributed by atoms with Crippen LogP contribution in [0, 0.1) is 6.92 Å². The number of anilines is 1. The number of sulfonamides is 1. The van der Waals surface area contributed by atoms with Gasteiger partial charge in [0.2, 0.25) is 21.8 Å². The summed E-state index contributed by atoms with van der Waals surface area (Å²) in [4.78, 5) is 28.4. The third kappa shape index (κ3) is 7.63. The molecule has 0 heterocycles. The monoisotopic (exact) mass is 595 g/mol. The third-order valence-electron chi connectivity index (χ3n) is 6.00. The first kappa shape index (κ1) is 29.8. The molecule has 2 amide bonds. The number of nitrogens with one attached hydrogen (secondary N) is 1. The summed E-state index contributed by atoms with van der Waals surface area (Å²) < 4.78 is 26.5. The first-order valence-corrected chi connectivity index (χ1v) is 14.6. The molecule has 0 saturated carbocycles. The van der Waals surface area contributed by atoms with E-state index in [-0.39, 0.29) is 18.7 Å². The maximum atomic E-state index is 13.9. The lowest BCUT2D eigenvalue weighted by molar-refractivity contribution is -0.139. The van der Waals surface area contributed by atoms with E-state index in [2.05, 4.69) is 5.32 Å². The van der Waals surface area contributed by atoms with Crippen molar-refractivity contribution in [3.8, 4) is 0 Å². The number of halogens is 3. The molecule has 1 N–H and O–H groups in total. The average Bonchev–Trinajstić information content (AvgIpc) is 2.87. The molecule has 3 rings (SSSR count). The van der Waals surface area contributed by atoms with Gasteiger partial charge in [-0.05, 0) is 47.9 Å². The van der Waals surface area contributed by atoms with Crippen LogP contribution >= 0.6 is 34.8 Å². The van der Waals surface area contributed by atoms with Crippen LogP contribution in [-0.2, 0) is 32.6 Å². The van der Waals surface area contributed by atoms with E-state index in [1.165, 1.54) is 18.0 Å². The van der Waals surface area contributed by atoms with Crippen molar-refractivity contribution in [3.05, 3.63) is 98.5 Å². The van der Waals surface area contributed by atoms with E-state index >= 15 is 0 Å². The van der Waals surface area contributed by atoms with Crippen molar-refractivity contribution in [1.82, 2.24) is 10.2 Å². The van der Waals surface area contributed by atoms with Crippen molar-refractivity contribution in [2.24, 2.45) is 0 Å². The van der Waals surface area contributed by atoms with Gasteiger partial charge in [-0.2, -0.15) is 0 Å². The van der Waals surface area contributed by atoms with Gasteiger partial charge in [-0.15, -0.1) is 0 Å². The Hall–Kier alpha value is -2.78. The highest BCUT2D eigenvalue weighted by Crippen LogP contribution is 2.27. The number of carbonyl (C=O) groups is 2. The Bertz CT molecular complexity index is 1420. The number of amides is 2. The molecule has 11 heteroatoms. The Kier molecular flexibility index (Phi) is 10.1. The van der Waals surface area contributed by atoms with Crippen LogP contribution < -0.4 is 9.62 Å². The molecular weight excluding hydrogens is 569 g/mol. The number of rotatable bonds is 10. The normalized spacial score (nSPS) is 12.1. The van der Waals surface area contributed by atoms with Crippen LogP contribution in [0.15, 0.2) is 66.7 Å². The number of hydrogen-bond acceptors (Lipinski definition) is 4. The van der Waals surface area contributed by atoms with Gasteiger partial charge in [0.1, 0.15) is 12.6 Å². The molecule has 38 heavy (non-hydrogen) atoms. The van der Waals surface area contributed by atoms with E-state index < -0.39 is 34.4 Å². The van der Waals surface area contributed by atoms with Gasteiger partial charge in [0.05, 0.1) is 11.9 Å². The van der Waals surface area contributed by atoms with Gasteiger partial charge in [0.15, 0.2) is 0 Å². The van der Waals surface area contributed by atoms with Gasteiger partial charge in [-0.3, -0.25) is 13.9 Å². The second-order valence-corrected chi connectivity index (χ2v) is 11.9. The predicted molar refractivity (Wildman–Crippen MR) is 153 cm³/mol. The summed E-state index contributed by atoms with van der Waals surface area (Å²) in [5.41, 5.74) is 2.37. The van der Waals surface area contributed by atoms with Gasteiger partial charge >= 0.3 is 0 Å². The van der Waals surface area contributed by atoms with Gasteiger partial charge in [0, 0.05) is 35.1 Å². The second-order valence-electron chi connectivity index (χ2n) is 8.78. The van der Waals surface area contributed by atoms with Crippen LogP contribution in [-0.4, -0.2) is 51.0 Å². The first-order chi connectivity index (χ1) is 17.9. The molecule has 3 aromatic carbocycles. The number of nitrogens with zero attached hydrogens (tertiary/aromatic N) is 2. The third-order valence-corrected chi connectivity index (χ3v) is 8.13. The van der Waals surface area contributed by atoms with Gasteiger partial charge in [-0.1, -0.05) is 77.3 Å². The van der Waals surface area contributed by atoms with Crippen molar-refractivity contribution < 1.29 is 18.0 Å². The molecule has 202 valence electrons. The van der Waals surface area contributed by atoms with Crippen molar-refractivity contribution in [3.63, 3.8) is 0 Å². The molecular formula is C27H28Cl3N3O4S. The standard InChI is InChI=1S/C27H28Cl3N3O4S/c1-18-9-12-22(15-23(18)29)33(38(3,36)37)17-26(34)32(16-20-10-11-21(28)14-24(20)30)25(27(35)31-2)13-19-7-5-4-6-8-19/h4-12,14-15,25H,13,16-17H2,1-3H3,(H,31,35). The predicted octanol–water partition coefficient (Wildman–Crippen LogP) is 5.11. The largest absolute Gasteiger partial charge is 0.357 e. The quantitative estimate of drug-likeness (QED) is 0.353. The number of aryl methyl sites for hydroxylation is 1. The van der Waals surface area contributed by atoms with Crippen molar-refractivity contribution in [2.45, 2.75) is 25.9 Å².